The Morgan fingerprint density at radius 2 is 2.23 bits per heavy atom. The molecule has 2 rings (SSSR count). The van der Waals surface area contributed by atoms with E-state index in [0.717, 1.165) is 25.8 Å². The molecule has 0 aromatic carbocycles. The highest BCUT2D eigenvalue weighted by atomic mass is 16.3. The summed E-state index contributed by atoms with van der Waals surface area (Å²) in [5, 5.41) is 12.3. The van der Waals surface area contributed by atoms with Crippen LogP contribution in [0.5, 0.6) is 0 Å². The van der Waals surface area contributed by atoms with Crippen molar-refractivity contribution in [2.75, 3.05) is 13.6 Å². The molecule has 2 N–H and O–H groups in total. The number of nitrogens with one attached hydrogen (secondary N) is 1. The van der Waals surface area contributed by atoms with Crippen LogP contribution in [0, 0.1) is 0 Å². The van der Waals surface area contributed by atoms with Gasteiger partial charge in [0.15, 0.2) is 0 Å². The van der Waals surface area contributed by atoms with Crippen molar-refractivity contribution < 1.29 is 9.90 Å². The molecule has 1 saturated heterocycles. The second-order valence-corrected chi connectivity index (χ2v) is 4.09. The van der Waals surface area contributed by atoms with E-state index in [1.807, 2.05) is 7.05 Å². The van der Waals surface area contributed by atoms with Crippen LogP contribution in [0.25, 0.3) is 0 Å². The van der Waals surface area contributed by atoms with E-state index in [9.17, 15) is 4.79 Å². The molecule has 2 fully saturated rings. The number of likely N-dealkylation sites (N-methyl/N-ethyl adjacent to an activating group) is 1. The minimum Gasteiger partial charge on any atom is -0.393 e. The van der Waals surface area contributed by atoms with Crippen molar-refractivity contribution in [3.63, 3.8) is 0 Å². The minimum atomic E-state index is -0.147. The standard InChI is InChI=1S/C9H16N2O2/c1-11-3-2-8(9(11)13)10-6-4-7(12)5-6/h6-8,10,12H,2-5H2,1H3. The van der Waals surface area contributed by atoms with E-state index >= 15 is 0 Å². The Kier molecular flexibility index (Phi) is 2.26. The molecule has 0 aromatic rings. The van der Waals surface area contributed by atoms with E-state index in [1.54, 1.807) is 4.90 Å². The van der Waals surface area contributed by atoms with Crippen LogP contribution in [0.15, 0.2) is 0 Å². The van der Waals surface area contributed by atoms with Gasteiger partial charge in [0.05, 0.1) is 12.1 Å². The summed E-state index contributed by atoms with van der Waals surface area (Å²) < 4.78 is 0. The lowest BCUT2D eigenvalue weighted by atomic mass is 9.89. The molecule has 0 spiro atoms. The number of nitrogens with zero attached hydrogens (tertiary/aromatic N) is 1. The molecular weight excluding hydrogens is 168 g/mol. The highest BCUT2D eigenvalue weighted by Gasteiger charge is 2.34. The van der Waals surface area contributed by atoms with Gasteiger partial charge in [-0.15, -0.1) is 0 Å². The maximum Gasteiger partial charge on any atom is 0.239 e. The molecule has 1 unspecified atom stereocenters. The predicted octanol–water partition coefficient (Wildman–Crippen LogP) is -0.670. The minimum absolute atomic E-state index is 0.00231. The number of carbonyl (C=O) groups is 1. The Morgan fingerprint density at radius 1 is 1.54 bits per heavy atom. The number of hydrogen-bond acceptors (Lipinski definition) is 3. The Hall–Kier alpha value is -0.610. The third kappa shape index (κ3) is 1.69. The molecule has 0 aromatic heterocycles. The molecule has 0 radical (unpaired) electrons. The largest absolute Gasteiger partial charge is 0.393 e. The van der Waals surface area contributed by atoms with Gasteiger partial charge in [-0.05, 0) is 19.3 Å². The molecule has 74 valence electrons. The zero-order chi connectivity index (χ0) is 9.42. The lowest BCUT2D eigenvalue weighted by Gasteiger charge is -2.33. The zero-order valence-electron chi connectivity index (χ0n) is 7.86. The predicted molar refractivity (Wildman–Crippen MR) is 48.2 cm³/mol. The van der Waals surface area contributed by atoms with Gasteiger partial charge < -0.3 is 15.3 Å². The summed E-state index contributed by atoms with van der Waals surface area (Å²) >= 11 is 0. The van der Waals surface area contributed by atoms with Gasteiger partial charge in [-0.3, -0.25) is 4.79 Å². The first-order valence-corrected chi connectivity index (χ1v) is 4.86. The summed E-state index contributed by atoms with van der Waals surface area (Å²) in [5.41, 5.74) is 0. The fourth-order valence-electron chi connectivity index (χ4n) is 1.99. The Labute approximate surface area is 77.9 Å². The van der Waals surface area contributed by atoms with Gasteiger partial charge >= 0.3 is 0 Å². The van der Waals surface area contributed by atoms with Crippen LogP contribution in [-0.2, 0) is 4.79 Å². The third-order valence-corrected chi connectivity index (χ3v) is 2.98. The summed E-state index contributed by atoms with van der Waals surface area (Å²) in [7, 11) is 1.83. The van der Waals surface area contributed by atoms with E-state index in [2.05, 4.69) is 5.32 Å². The summed E-state index contributed by atoms with van der Waals surface area (Å²) in [5.74, 6) is 0.196. The number of rotatable bonds is 2. The van der Waals surface area contributed by atoms with E-state index < -0.39 is 0 Å². The summed E-state index contributed by atoms with van der Waals surface area (Å²) in [6.45, 7) is 0.853. The van der Waals surface area contributed by atoms with Crippen molar-refractivity contribution in [1.82, 2.24) is 10.2 Å². The van der Waals surface area contributed by atoms with Crippen LogP contribution >= 0.6 is 0 Å². The topological polar surface area (TPSA) is 52.6 Å². The average molecular weight is 184 g/mol. The third-order valence-electron chi connectivity index (χ3n) is 2.98. The van der Waals surface area contributed by atoms with Crippen molar-refractivity contribution in [2.24, 2.45) is 0 Å². The van der Waals surface area contributed by atoms with Crippen LogP contribution < -0.4 is 5.32 Å². The van der Waals surface area contributed by atoms with Gasteiger partial charge in [0, 0.05) is 19.6 Å². The summed E-state index contributed by atoms with van der Waals surface area (Å²) in [6.07, 6.45) is 2.36. The van der Waals surface area contributed by atoms with E-state index in [1.165, 1.54) is 0 Å². The van der Waals surface area contributed by atoms with Crippen LogP contribution in [0.3, 0.4) is 0 Å². The van der Waals surface area contributed by atoms with Gasteiger partial charge in [-0.1, -0.05) is 0 Å². The first-order chi connectivity index (χ1) is 6.16. The maximum atomic E-state index is 11.5. The van der Waals surface area contributed by atoms with Crippen LogP contribution in [-0.4, -0.2) is 47.7 Å². The maximum absolute atomic E-state index is 11.5. The van der Waals surface area contributed by atoms with Gasteiger partial charge in [-0.25, -0.2) is 0 Å². The van der Waals surface area contributed by atoms with Crippen molar-refractivity contribution in [1.29, 1.82) is 0 Å². The van der Waals surface area contributed by atoms with Crippen molar-refractivity contribution in [3.05, 3.63) is 0 Å². The average Bonchev–Trinajstić information content (AvgIpc) is 2.33. The van der Waals surface area contributed by atoms with Crippen molar-refractivity contribution in [3.8, 4) is 0 Å². The Morgan fingerprint density at radius 3 is 2.69 bits per heavy atom. The molecule has 4 heteroatoms. The smallest absolute Gasteiger partial charge is 0.239 e. The normalized spacial score (nSPS) is 39.4. The van der Waals surface area contributed by atoms with Gasteiger partial charge in [0.25, 0.3) is 0 Å². The molecule has 1 heterocycles. The number of hydrogen-bond donors (Lipinski definition) is 2. The number of aliphatic hydroxyl groups is 1. The molecule has 2 aliphatic rings. The van der Waals surface area contributed by atoms with E-state index in [-0.39, 0.29) is 18.1 Å². The van der Waals surface area contributed by atoms with Crippen molar-refractivity contribution in [2.45, 2.75) is 37.5 Å². The van der Waals surface area contributed by atoms with E-state index in [0.29, 0.717) is 6.04 Å². The van der Waals surface area contributed by atoms with Gasteiger partial charge in [0.2, 0.25) is 5.91 Å². The molecule has 0 bridgehead atoms. The Bertz CT molecular complexity index is 214. The molecule has 13 heavy (non-hydrogen) atoms. The van der Waals surface area contributed by atoms with Crippen LogP contribution in [0.4, 0.5) is 0 Å². The second kappa shape index (κ2) is 3.27. The van der Waals surface area contributed by atoms with Crippen LogP contribution in [0.1, 0.15) is 19.3 Å². The molecule has 4 nitrogen and oxygen atoms in total. The van der Waals surface area contributed by atoms with Gasteiger partial charge in [0.1, 0.15) is 0 Å². The highest BCUT2D eigenvalue weighted by Crippen LogP contribution is 2.21. The number of carbonyl (C=O) groups excluding carboxylic acids is 1. The lowest BCUT2D eigenvalue weighted by molar-refractivity contribution is -0.128. The highest BCUT2D eigenvalue weighted by molar-refractivity contribution is 5.83. The number of likely N-dealkylation sites (tertiary alicyclic amines) is 1. The second-order valence-electron chi connectivity index (χ2n) is 4.09. The lowest BCUT2D eigenvalue weighted by Crippen LogP contribution is -2.50. The molecular formula is C9H16N2O2. The molecule has 1 aliphatic heterocycles. The number of amides is 1. The first-order valence-electron chi connectivity index (χ1n) is 4.86. The first kappa shape index (κ1) is 8.97. The summed E-state index contributed by atoms with van der Waals surface area (Å²) in [6, 6.07) is 0.359. The molecule has 1 aliphatic carbocycles. The molecule has 1 saturated carbocycles. The van der Waals surface area contributed by atoms with Crippen molar-refractivity contribution >= 4 is 5.91 Å². The van der Waals surface area contributed by atoms with Crippen LogP contribution in [0.2, 0.25) is 0 Å². The summed E-state index contributed by atoms with van der Waals surface area (Å²) in [4.78, 5) is 13.2. The molecule has 1 amide bonds. The number of aliphatic hydroxyl groups excluding tert-OH is 1. The monoisotopic (exact) mass is 184 g/mol. The zero-order valence-corrected chi connectivity index (χ0v) is 7.86. The fourth-order valence-corrected chi connectivity index (χ4v) is 1.99. The fraction of sp³-hybridized carbons (Fsp3) is 0.889. The quantitative estimate of drug-likeness (QED) is 0.598. The van der Waals surface area contributed by atoms with E-state index in [4.69, 9.17) is 5.11 Å². The Balaban J connectivity index is 1.79. The van der Waals surface area contributed by atoms with Gasteiger partial charge in [-0.2, -0.15) is 0 Å². The molecule has 1 atom stereocenters. The SMILES string of the molecule is CN1CCC(NC2CC(O)C2)C1=O.